The number of halogens is 2. The molecule has 140 valence electrons. The van der Waals surface area contributed by atoms with Gasteiger partial charge >= 0.3 is 0 Å². The normalized spacial score (nSPS) is 10.9. The van der Waals surface area contributed by atoms with Gasteiger partial charge in [-0.1, -0.05) is 35.3 Å². The predicted molar refractivity (Wildman–Crippen MR) is 113 cm³/mol. The Balaban J connectivity index is 1.71. The first-order valence-electron chi connectivity index (χ1n) is 8.76. The van der Waals surface area contributed by atoms with Gasteiger partial charge in [-0.2, -0.15) is 0 Å². The van der Waals surface area contributed by atoms with Crippen LogP contribution in [0.1, 0.15) is 0 Å². The monoisotopic (exact) mass is 410 g/mol. The summed E-state index contributed by atoms with van der Waals surface area (Å²) in [4.78, 5) is 17.8. The molecule has 0 radical (unpaired) electrons. The van der Waals surface area contributed by atoms with Crippen molar-refractivity contribution in [2.45, 2.75) is 6.54 Å². The fourth-order valence-electron chi connectivity index (χ4n) is 2.98. The molecule has 4 nitrogen and oxygen atoms in total. The Kier molecular flexibility index (Phi) is 5.33. The van der Waals surface area contributed by atoms with Crippen LogP contribution in [0.15, 0.2) is 77.6 Å². The molecule has 3 aromatic carbocycles. The maximum Gasteiger partial charge on any atom is 0.261 e. The van der Waals surface area contributed by atoms with E-state index in [1.807, 2.05) is 30.3 Å². The molecule has 0 atom stereocenters. The Morgan fingerprint density at radius 2 is 1.50 bits per heavy atom. The van der Waals surface area contributed by atoms with Gasteiger partial charge in [0.2, 0.25) is 0 Å². The molecule has 1 aromatic heterocycles. The Bertz CT molecular complexity index is 1170. The molecule has 4 rings (SSSR count). The summed E-state index contributed by atoms with van der Waals surface area (Å²) in [6.07, 6.45) is 0. The van der Waals surface area contributed by atoms with Crippen LogP contribution in [0.2, 0.25) is 10.0 Å². The van der Waals surface area contributed by atoms with Gasteiger partial charge in [0.25, 0.3) is 5.56 Å². The van der Waals surface area contributed by atoms with Crippen molar-refractivity contribution in [1.82, 2.24) is 9.55 Å². The third-order valence-corrected chi connectivity index (χ3v) is 4.87. The van der Waals surface area contributed by atoms with Crippen LogP contribution in [-0.4, -0.2) is 16.2 Å². The minimum absolute atomic E-state index is 0.102. The lowest BCUT2D eigenvalue weighted by Crippen LogP contribution is -2.26. The molecule has 28 heavy (non-hydrogen) atoms. The van der Waals surface area contributed by atoms with Gasteiger partial charge in [0.1, 0.15) is 18.2 Å². The molecule has 0 saturated heterocycles. The number of rotatable bonds is 5. The van der Waals surface area contributed by atoms with E-state index in [1.165, 1.54) is 0 Å². The number of fused-ring (bicyclic) bond motifs is 1. The van der Waals surface area contributed by atoms with Gasteiger partial charge in [-0.3, -0.25) is 9.36 Å². The summed E-state index contributed by atoms with van der Waals surface area (Å²) in [5, 5.41) is 1.85. The Morgan fingerprint density at radius 1 is 0.857 bits per heavy atom. The fourth-order valence-corrected chi connectivity index (χ4v) is 3.23. The highest BCUT2D eigenvalue weighted by Crippen LogP contribution is 2.21. The Morgan fingerprint density at radius 3 is 2.21 bits per heavy atom. The molecule has 0 N–H and O–H groups in total. The van der Waals surface area contributed by atoms with E-state index in [1.54, 1.807) is 47.0 Å². The lowest BCUT2D eigenvalue weighted by atomic mass is 10.2. The maximum absolute atomic E-state index is 13.1. The summed E-state index contributed by atoms with van der Waals surface area (Å²) in [5.41, 5.74) is 1.38. The predicted octanol–water partition coefficient (Wildman–Crippen LogP) is 5.45. The van der Waals surface area contributed by atoms with E-state index < -0.39 is 0 Å². The zero-order chi connectivity index (χ0) is 19.5. The number of hydrogen-bond acceptors (Lipinski definition) is 3. The minimum atomic E-state index is -0.102. The van der Waals surface area contributed by atoms with Crippen LogP contribution < -0.4 is 10.3 Å². The number of benzene rings is 3. The minimum Gasteiger partial charge on any atom is -0.492 e. The van der Waals surface area contributed by atoms with Gasteiger partial charge in [-0.25, -0.2) is 4.98 Å². The zero-order valence-electron chi connectivity index (χ0n) is 14.8. The van der Waals surface area contributed by atoms with Crippen molar-refractivity contribution in [2.24, 2.45) is 0 Å². The van der Waals surface area contributed by atoms with E-state index in [0.29, 0.717) is 45.7 Å². The quantitative estimate of drug-likeness (QED) is 0.439. The smallest absolute Gasteiger partial charge is 0.261 e. The van der Waals surface area contributed by atoms with Crippen molar-refractivity contribution >= 4 is 34.1 Å². The lowest BCUT2D eigenvalue weighted by molar-refractivity contribution is 0.297. The van der Waals surface area contributed by atoms with Crippen LogP contribution in [0.5, 0.6) is 5.75 Å². The molecule has 1 heterocycles. The third-order valence-electron chi connectivity index (χ3n) is 4.36. The third kappa shape index (κ3) is 3.88. The van der Waals surface area contributed by atoms with Gasteiger partial charge in [0.15, 0.2) is 0 Å². The second-order valence-corrected chi connectivity index (χ2v) is 7.09. The van der Waals surface area contributed by atoms with E-state index in [4.69, 9.17) is 32.9 Å². The molecular weight excluding hydrogens is 395 g/mol. The molecule has 0 aliphatic rings. The van der Waals surface area contributed by atoms with Gasteiger partial charge in [0.05, 0.1) is 17.4 Å². The first kappa shape index (κ1) is 18.5. The molecule has 0 spiro atoms. The van der Waals surface area contributed by atoms with Gasteiger partial charge in [-0.05, 0) is 60.7 Å². The van der Waals surface area contributed by atoms with E-state index in [9.17, 15) is 4.79 Å². The maximum atomic E-state index is 13.1. The molecule has 4 aromatic rings. The largest absolute Gasteiger partial charge is 0.492 e. The number of nitrogens with zero attached hydrogens (tertiary/aromatic N) is 2. The van der Waals surface area contributed by atoms with Crippen LogP contribution in [0, 0.1) is 0 Å². The Hall–Kier alpha value is -2.82. The highest BCUT2D eigenvalue weighted by atomic mass is 35.5. The molecule has 0 bridgehead atoms. The number of aromatic nitrogens is 2. The second kappa shape index (κ2) is 8.05. The summed E-state index contributed by atoms with van der Waals surface area (Å²) < 4.78 is 7.42. The van der Waals surface area contributed by atoms with Crippen LogP contribution in [-0.2, 0) is 6.54 Å². The second-order valence-electron chi connectivity index (χ2n) is 6.22. The summed E-state index contributed by atoms with van der Waals surface area (Å²) in [6.45, 7) is 0.680. The SMILES string of the molecule is O=c1c2ccccc2nc(-c2ccc(Cl)cc2)n1CCOc1ccc(Cl)cc1. The number of para-hydroxylation sites is 1. The number of hydrogen-bond donors (Lipinski definition) is 0. The van der Waals surface area contributed by atoms with E-state index in [-0.39, 0.29) is 5.56 Å². The van der Waals surface area contributed by atoms with E-state index >= 15 is 0 Å². The van der Waals surface area contributed by atoms with Gasteiger partial charge in [0, 0.05) is 15.6 Å². The number of ether oxygens (including phenoxy) is 1. The molecule has 0 amide bonds. The Labute approximate surface area is 171 Å². The molecule has 6 heteroatoms. The van der Waals surface area contributed by atoms with E-state index in [0.717, 1.165) is 5.56 Å². The first-order chi connectivity index (χ1) is 13.6. The summed E-state index contributed by atoms with van der Waals surface area (Å²) in [7, 11) is 0. The van der Waals surface area contributed by atoms with Crippen molar-refractivity contribution in [3.05, 3.63) is 93.2 Å². The molecule has 0 unspecified atom stereocenters. The lowest BCUT2D eigenvalue weighted by Gasteiger charge is -2.14. The average molecular weight is 411 g/mol. The van der Waals surface area contributed by atoms with Crippen molar-refractivity contribution in [3.8, 4) is 17.1 Å². The molecule has 0 aliphatic heterocycles. The fraction of sp³-hybridized carbons (Fsp3) is 0.0909. The van der Waals surface area contributed by atoms with Crippen LogP contribution in [0.4, 0.5) is 0 Å². The molecule has 0 saturated carbocycles. The van der Waals surface area contributed by atoms with Crippen LogP contribution >= 0.6 is 23.2 Å². The molecule has 0 aliphatic carbocycles. The summed E-state index contributed by atoms with van der Waals surface area (Å²) >= 11 is 11.9. The van der Waals surface area contributed by atoms with E-state index in [2.05, 4.69) is 0 Å². The highest BCUT2D eigenvalue weighted by Gasteiger charge is 2.13. The summed E-state index contributed by atoms with van der Waals surface area (Å²) in [6, 6.07) is 21.7. The standard InChI is InChI=1S/C22H16Cl2N2O2/c23-16-7-5-15(6-8-16)21-25-20-4-2-1-3-19(20)22(27)26(21)13-14-28-18-11-9-17(24)10-12-18/h1-12H,13-14H2. The summed E-state index contributed by atoms with van der Waals surface area (Å²) in [5.74, 6) is 1.28. The van der Waals surface area contributed by atoms with Crippen molar-refractivity contribution in [1.29, 1.82) is 0 Å². The van der Waals surface area contributed by atoms with Crippen molar-refractivity contribution < 1.29 is 4.74 Å². The van der Waals surface area contributed by atoms with Gasteiger partial charge < -0.3 is 4.74 Å². The van der Waals surface area contributed by atoms with Crippen LogP contribution in [0.3, 0.4) is 0 Å². The highest BCUT2D eigenvalue weighted by molar-refractivity contribution is 6.30. The first-order valence-corrected chi connectivity index (χ1v) is 9.51. The molecule has 0 fully saturated rings. The topological polar surface area (TPSA) is 44.1 Å². The van der Waals surface area contributed by atoms with Crippen LogP contribution in [0.25, 0.3) is 22.3 Å². The molecular formula is C22H16Cl2N2O2. The average Bonchev–Trinajstić information content (AvgIpc) is 2.71. The van der Waals surface area contributed by atoms with Crippen molar-refractivity contribution in [2.75, 3.05) is 6.61 Å². The van der Waals surface area contributed by atoms with Gasteiger partial charge in [-0.15, -0.1) is 0 Å². The van der Waals surface area contributed by atoms with Crippen molar-refractivity contribution in [3.63, 3.8) is 0 Å². The zero-order valence-corrected chi connectivity index (χ0v) is 16.3.